The Morgan fingerprint density at radius 1 is 1.17 bits per heavy atom. The number of hydrogen-bond acceptors (Lipinski definition) is 3. The second-order valence-electron chi connectivity index (χ2n) is 8.88. The highest BCUT2D eigenvalue weighted by Gasteiger charge is 2.52. The van der Waals surface area contributed by atoms with Crippen LogP contribution in [0, 0.1) is 17.8 Å². The average molecular weight is 396 g/mol. The molecule has 0 spiro atoms. The van der Waals surface area contributed by atoms with Crippen LogP contribution in [-0.2, 0) is 19.8 Å². The van der Waals surface area contributed by atoms with Gasteiger partial charge in [-0.15, -0.1) is 6.58 Å². The third-order valence-electron chi connectivity index (χ3n) is 6.64. The van der Waals surface area contributed by atoms with Crippen LogP contribution in [0.2, 0.25) is 0 Å². The minimum absolute atomic E-state index is 0.0106. The predicted octanol–water partition coefficient (Wildman–Crippen LogP) is 2.46. The molecule has 0 unspecified atom stereocenters. The van der Waals surface area contributed by atoms with Crippen LogP contribution in [0.3, 0.4) is 0 Å². The molecule has 3 fully saturated rings. The molecular formula is C23H29N3O3. The number of anilines is 1. The number of amides is 3. The van der Waals surface area contributed by atoms with Crippen LogP contribution in [0.4, 0.5) is 5.69 Å². The van der Waals surface area contributed by atoms with Gasteiger partial charge in [0.25, 0.3) is 0 Å². The van der Waals surface area contributed by atoms with Gasteiger partial charge in [-0.2, -0.15) is 0 Å². The van der Waals surface area contributed by atoms with Gasteiger partial charge in [0.15, 0.2) is 0 Å². The minimum atomic E-state index is -0.476. The third kappa shape index (κ3) is 3.80. The second-order valence-corrected chi connectivity index (χ2v) is 8.88. The Morgan fingerprint density at radius 2 is 1.86 bits per heavy atom. The number of nitrogens with zero attached hydrogens (tertiary/aromatic N) is 1. The lowest BCUT2D eigenvalue weighted by Crippen LogP contribution is -2.45. The molecule has 0 bridgehead atoms. The molecule has 1 aliphatic heterocycles. The fraction of sp³-hybridized carbons (Fsp3) is 0.522. The van der Waals surface area contributed by atoms with Crippen molar-refractivity contribution >= 4 is 23.4 Å². The molecule has 29 heavy (non-hydrogen) atoms. The van der Waals surface area contributed by atoms with Gasteiger partial charge in [-0.3, -0.25) is 14.4 Å². The number of carbonyl (C=O) groups is 3. The molecule has 4 rings (SSSR count). The molecule has 2 aliphatic carbocycles. The van der Waals surface area contributed by atoms with E-state index >= 15 is 0 Å². The van der Waals surface area contributed by atoms with Crippen LogP contribution in [-0.4, -0.2) is 41.8 Å². The smallest absolute Gasteiger partial charge is 0.230 e. The van der Waals surface area contributed by atoms with E-state index in [2.05, 4.69) is 24.1 Å². The topological polar surface area (TPSA) is 78.5 Å². The van der Waals surface area contributed by atoms with E-state index in [1.807, 2.05) is 35.2 Å². The predicted molar refractivity (Wildman–Crippen MR) is 111 cm³/mol. The summed E-state index contributed by atoms with van der Waals surface area (Å²) in [5, 5.41) is 5.97. The summed E-state index contributed by atoms with van der Waals surface area (Å²) in [4.78, 5) is 38.8. The van der Waals surface area contributed by atoms with E-state index in [1.165, 1.54) is 6.92 Å². The largest absolute Gasteiger partial charge is 0.350 e. The van der Waals surface area contributed by atoms with Crippen LogP contribution < -0.4 is 10.6 Å². The van der Waals surface area contributed by atoms with Gasteiger partial charge in [-0.25, -0.2) is 0 Å². The van der Waals surface area contributed by atoms with Crippen molar-refractivity contribution in [2.75, 3.05) is 18.4 Å². The lowest BCUT2D eigenvalue weighted by atomic mass is 9.93. The normalized spacial score (nSPS) is 29.1. The molecule has 2 N–H and O–H groups in total. The van der Waals surface area contributed by atoms with Gasteiger partial charge in [0.1, 0.15) is 0 Å². The summed E-state index contributed by atoms with van der Waals surface area (Å²) < 4.78 is 0. The number of nitrogens with one attached hydrogen (secondary N) is 2. The standard InChI is InChI=1S/C23H29N3O3/c1-4-16-11-19(16)21(28)26-12-14(2)20(13-26)25-22(29)23(9-10-23)17-5-7-18(8-6-17)24-15(3)27/h4-8,14,16,19-20H,1,9-13H2,2-3H3,(H,24,27)(H,25,29)/t14-,16-,19-,20-/m1/s1. The van der Waals surface area contributed by atoms with Crippen LogP contribution in [0.5, 0.6) is 0 Å². The SMILES string of the molecule is C=C[C@@H]1C[C@H]1C(=O)N1C[C@@H](C)[C@H](NC(=O)C2(c3ccc(NC(C)=O)cc3)CC2)C1. The monoisotopic (exact) mass is 395 g/mol. The van der Waals surface area contributed by atoms with Crippen LogP contribution in [0.25, 0.3) is 0 Å². The number of carbonyl (C=O) groups excluding carboxylic acids is 3. The van der Waals surface area contributed by atoms with Crippen molar-refractivity contribution in [1.82, 2.24) is 10.2 Å². The van der Waals surface area contributed by atoms with Crippen LogP contribution in [0.15, 0.2) is 36.9 Å². The lowest BCUT2D eigenvalue weighted by molar-refractivity contribution is -0.132. The van der Waals surface area contributed by atoms with Crippen molar-refractivity contribution < 1.29 is 14.4 Å². The number of likely N-dealkylation sites (tertiary alicyclic amines) is 1. The fourth-order valence-electron chi connectivity index (χ4n) is 4.48. The van der Waals surface area contributed by atoms with Crippen LogP contribution >= 0.6 is 0 Å². The Morgan fingerprint density at radius 3 is 2.41 bits per heavy atom. The van der Waals surface area contributed by atoms with Crippen molar-refractivity contribution in [2.24, 2.45) is 17.8 Å². The van der Waals surface area contributed by atoms with Crippen molar-refractivity contribution in [1.29, 1.82) is 0 Å². The van der Waals surface area contributed by atoms with E-state index in [0.29, 0.717) is 19.0 Å². The van der Waals surface area contributed by atoms with Gasteiger partial charge < -0.3 is 15.5 Å². The van der Waals surface area contributed by atoms with Gasteiger partial charge in [0.2, 0.25) is 17.7 Å². The van der Waals surface area contributed by atoms with E-state index < -0.39 is 5.41 Å². The zero-order valence-corrected chi connectivity index (χ0v) is 17.1. The molecule has 4 atom stereocenters. The molecule has 3 aliphatic rings. The molecular weight excluding hydrogens is 366 g/mol. The van der Waals surface area contributed by atoms with E-state index in [-0.39, 0.29) is 35.6 Å². The molecule has 0 radical (unpaired) electrons. The molecule has 2 saturated carbocycles. The molecule has 1 saturated heterocycles. The highest BCUT2D eigenvalue weighted by atomic mass is 16.2. The maximum absolute atomic E-state index is 13.1. The first-order valence-electron chi connectivity index (χ1n) is 10.4. The first kappa shape index (κ1) is 19.7. The Balaban J connectivity index is 1.38. The Hall–Kier alpha value is -2.63. The first-order valence-corrected chi connectivity index (χ1v) is 10.4. The van der Waals surface area contributed by atoms with Crippen molar-refractivity contribution in [3.8, 4) is 0 Å². The summed E-state index contributed by atoms with van der Waals surface area (Å²) in [5.74, 6) is 0.783. The summed E-state index contributed by atoms with van der Waals surface area (Å²) in [7, 11) is 0. The number of rotatable bonds is 6. The molecule has 154 valence electrons. The number of hydrogen-bond donors (Lipinski definition) is 2. The van der Waals surface area contributed by atoms with Crippen molar-refractivity contribution in [3.63, 3.8) is 0 Å². The fourth-order valence-corrected chi connectivity index (χ4v) is 4.48. The maximum Gasteiger partial charge on any atom is 0.230 e. The summed E-state index contributed by atoms with van der Waals surface area (Å²) in [6, 6.07) is 7.52. The maximum atomic E-state index is 13.1. The summed E-state index contributed by atoms with van der Waals surface area (Å²) in [6.07, 6.45) is 4.42. The van der Waals surface area contributed by atoms with E-state index in [9.17, 15) is 14.4 Å². The summed E-state index contributed by atoms with van der Waals surface area (Å²) in [6.45, 7) is 8.64. The molecule has 1 aromatic rings. The van der Waals surface area contributed by atoms with E-state index in [1.54, 1.807) is 0 Å². The quantitative estimate of drug-likeness (QED) is 0.727. The average Bonchev–Trinajstić information content (AvgIpc) is 3.59. The minimum Gasteiger partial charge on any atom is -0.350 e. The lowest BCUT2D eigenvalue weighted by Gasteiger charge is -2.22. The van der Waals surface area contributed by atoms with Gasteiger partial charge in [-0.1, -0.05) is 25.1 Å². The highest BCUT2D eigenvalue weighted by Crippen LogP contribution is 2.49. The Bertz CT molecular complexity index is 843. The summed E-state index contributed by atoms with van der Waals surface area (Å²) >= 11 is 0. The molecule has 3 amide bonds. The van der Waals surface area contributed by atoms with Gasteiger partial charge >= 0.3 is 0 Å². The molecule has 1 aromatic carbocycles. The molecule has 6 heteroatoms. The van der Waals surface area contributed by atoms with Gasteiger partial charge in [0.05, 0.1) is 11.5 Å². The first-order chi connectivity index (χ1) is 13.8. The molecule has 1 heterocycles. The van der Waals surface area contributed by atoms with E-state index in [4.69, 9.17) is 0 Å². The Kier molecular flexibility index (Phi) is 4.97. The van der Waals surface area contributed by atoms with Crippen molar-refractivity contribution in [2.45, 2.75) is 44.6 Å². The van der Waals surface area contributed by atoms with E-state index in [0.717, 1.165) is 30.5 Å². The third-order valence-corrected chi connectivity index (χ3v) is 6.64. The number of benzene rings is 1. The highest BCUT2D eigenvalue weighted by molar-refractivity contribution is 5.92. The zero-order valence-electron chi connectivity index (χ0n) is 17.1. The molecule has 6 nitrogen and oxygen atoms in total. The molecule has 0 aromatic heterocycles. The van der Waals surface area contributed by atoms with Crippen LogP contribution in [0.1, 0.15) is 38.7 Å². The number of allylic oxidation sites excluding steroid dienone is 1. The zero-order chi connectivity index (χ0) is 20.8. The van der Waals surface area contributed by atoms with Gasteiger partial charge in [0, 0.05) is 31.6 Å². The Labute approximate surface area is 171 Å². The van der Waals surface area contributed by atoms with Crippen molar-refractivity contribution in [3.05, 3.63) is 42.5 Å². The summed E-state index contributed by atoms with van der Waals surface area (Å²) in [5.41, 5.74) is 1.24. The van der Waals surface area contributed by atoms with Gasteiger partial charge in [-0.05, 0) is 48.8 Å². The second kappa shape index (κ2) is 7.32.